The number of hydrogen-bond acceptors (Lipinski definition) is 4. The predicted molar refractivity (Wildman–Crippen MR) is 79.2 cm³/mol. The lowest BCUT2D eigenvalue weighted by molar-refractivity contribution is -0.171. The smallest absolute Gasteiger partial charge is 0.334 e. The number of benzene rings is 1. The number of carbonyl (C=O) groups is 2. The average Bonchev–Trinajstić information content (AvgIpc) is 2.61. The van der Waals surface area contributed by atoms with Crippen LogP contribution in [-0.4, -0.2) is 44.1 Å². The average molecular weight is 307 g/mol. The first-order valence-corrected chi connectivity index (χ1v) is 7.68. The van der Waals surface area contributed by atoms with Crippen molar-refractivity contribution >= 4 is 23.6 Å². The third kappa shape index (κ3) is 1.92. The Morgan fingerprint density at radius 2 is 2.10 bits per heavy atom. The first-order valence-electron chi connectivity index (χ1n) is 6.80. The van der Waals surface area contributed by atoms with Gasteiger partial charge in [0.25, 0.3) is 0 Å². The second kappa shape index (κ2) is 4.66. The maximum atomic E-state index is 12.0. The molecule has 112 valence electrons. The molecule has 6 heteroatoms. The van der Waals surface area contributed by atoms with Gasteiger partial charge in [-0.3, -0.25) is 4.79 Å². The highest BCUT2D eigenvalue weighted by Gasteiger charge is 2.69. The van der Waals surface area contributed by atoms with Crippen LogP contribution in [0.15, 0.2) is 30.3 Å². The molecule has 0 aliphatic carbocycles. The lowest BCUT2D eigenvalue weighted by atomic mass is 9.82. The Hall–Kier alpha value is -1.69. The SMILES string of the molecule is CC1(C)S[C@@H]2CC(=O)N2[C@@]1(COc1ccccc1)C(=O)O. The summed E-state index contributed by atoms with van der Waals surface area (Å²) in [5, 5.41) is 9.78. The molecule has 0 radical (unpaired) electrons. The number of carboxylic acid groups (broad SMARTS) is 1. The normalized spacial score (nSPS) is 29.7. The molecule has 0 unspecified atom stereocenters. The number of nitrogens with zero attached hydrogens (tertiary/aromatic N) is 1. The summed E-state index contributed by atoms with van der Waals surface area (Å²) in [7, 11) is 0. The highest BCUT2D eigenvalue weighted by molar-refractivity contribution is 8.01. The Balaban J connectivity index is 1.92. The monoisotopic (exact) mass is 307 g/mol. The first kappa shape index (κ1) is 14.3. The summed E-state index contributed by atoms with van der Waals surface area (Å²) >= 11 is 1.54. The van der Waals surface area contributed by atoms with E-state index in [1.165, 1.54) is 16.7 Å². The molecule has 0 spiro atoms. The van der Waals surface area contributed by atoms with Crippen LogP contribution in [0.3, 0.4) is 0 Å². The van der Waals surface area contributed by atoms with Crippen LogP contribution in [0.1, 0.15) is 20.3 Å². The van der Waals surface area contributed by atoms with Gasteiger partial charge in [-0.15, -0.1) is 11.8 Å². The van der Waals surface area contributed by atoms with Crippen molar-refractivity contribution in [1.82, 2.24) is 4.90 Å². The number of rotatable bonds is 4. The number of β-lactam (4-membered cyclic amide) rings is 1. The van der Waals surface area contributed by atoms with Gasteiger partial charge in [-0.05, 0) is 26.0 Å². The fourth-order valence-corrected chi connectivity index (χ4v) is 4.79. The van der Waals surface area contributed by atoms with Crippen molar-refractivity contribution in [2.75, 3.05) is 6.61 Å². The van der Waals surface area contributed by atoms with Gasteiger partial charge in [0.2, 0.25) is 5.91 Å². The maximum absolute atomic E-state index is 12.0. The molecular formula is C15H17NO4S. The van der Waals surface area contributed by atoms with E-state index in [-0.39, 0.29) is 17.9 Å². The van der Waals surface area contributed by atoms with E-state index in [9.17, 15) is 14.7 Å². The standard InChI is InChI=1S/C15H17NO4S/c1-14(2)15(13(18)19,16-11(17)8-12(16)21-14)9-20-10-6-4-3-5-7-10/h3-7,12H,8-9H2,1-2H3,(H,18,19)/t12-,15+/m1/s1. The molecular weight excluding hydrogens is 290 g/mol. The molecule has 2 heterocycles. The Morgan fingerprint density at radius 1 is 1.43 bits per heavy atom. The molecule has 2 fully saturated rings. The number of hydrogen-bond donors (Lipinski definition) is 1. The molecule has 1 amide bonds. The highest BCUT2D eigenvalue weighted by Crippen LogP contribution is 2.56. The van der Waals surface area contributed by atoms with Crippen molar-refractivity contribution in [1.29, 1.82) is 0 Å². The number of para-hydroxylation sites is 1. The molecule has 0 bridgehead atoms. The zero-order valence-electron chi connectivity index (χ0n) is 11.9. The summed E-state index contributed by atoms with van der Waals surface area (Å²) in [4.78, 5) is 25.4. The number of carboxylic acids is 1. The molecule has 1 aromatic carbocycles. The van der Waals surface area contributed by atoms with Crippen molar-refractivity contribution in [3.63, 3.8) is 0 Å². The third-order valence-corrected chi connectivity index (χ3v) is 5.87. The van der Waals surface area contributed by atoms with Crippen LogP contribution in [0.4, 0.5) is 0 Å². The number of ether oxygens (including phenoxy) is 1. The molecule has 21 heavy (non-hydrogen) atoms. The van der Waals surface area contributed by atoms with Gasteiger partial charge in [0.05, 0.1) is 16.5 Å². The van der Waals surface area contributed by atoms with E-state index < -0.39 is 16.3 Å². The van der Waals surface area contributed by atoms with Crippen LogP contribution in [0.25, 0.3) is 0 Å². The Kier molecular flexibility index (Phi) is 3.16. The zero-order valence-corrected chi connectivity index (χ0v) is 12.7. The molecule has 1 aromatic rings. The zero-order chi connectivity index (χ0) is 15.3. The molecule has 3 rings (SSSR count). The van der Waals surface area contributed by atoms with Crippen molar-refractivity contribution in [2.24, 2.45) is 0 Å². The molecule has 5 nitrogen and oxygen atoms in total. The summed E-state index contributed by atoms with van der Waals surface area (Å²) < 4.78 is 5.10. The third-order valence-electron chi connectivity index (χ3n) is 4.29. The maximum Gasteiger partial charge on any atom is 0.334 e. The lowest BCUT2D eigenvalue weighted by Crippen LogP contribution is -2.69. The van der Waals surface area contributed by atoms with Crippen LogP contribution >= 0.6 is 11.8 Å². The number of fused-ring (bicyclic) bond motifs is 1. The fourth-order valence-electron chi connectivity index (χ4n) is 3.04. The number of thioether (sulfide) groups is 1. The van der Waals surface area contributed by atoms with Crippen LogP contribution in [-0.2, 0) is 9.59 Å². The number of carbonyl (C=O) groups excluding carboxylic acids is 1. The van der Waals surface area contributed by atoms with E-state index in [2.05, 4.69) is 0 Å². The van der Waals surface area contributed by atoms with E-state index in [1.54, 1.807) is 12.1 Å². The second-order valence-electron chi connectivity index (χ2n) is 5.82. The molecule has 2 atom stereocenters. The molecule has 2 saturated heterocycles. The predicted octanol–water partition coefficient (Wildman–Crippen LogP) is 1.97. The van der Waals surface area contributed by atoms with Crippen molar-refractivity contribution in [3.05, 3.63) is 30.3 Å². The summed E-state index contributed by atoms with van der Waals surface area (Å²) in [6, 6.07) is 9.08. The van der Waals surface area contributed by atoms with Crippen LogP contribution in [0.2, 0.25) is 0 Å². The van der Waals surface area contributed by atoms with Gasteiger partial charge >= 0.3 is 5.97 Å². The molecule has 1 N–H and O–H groups in total. The van der Waals surface area contributed by atoms with Crippen molar-refractivity contribution in [3.8, 4) is 5.75 Å². The van der Waals surface area contributed by atoms with Gasteiger partial charge in [-0.25, -0.2) is 4.79 Å². The fraction of sp³-hybridized carbons (Fsp3) is 0.467. The van der Waals surface area contributed by atoms with E-state index in [4.69, 9.17) is 4.74 Å². The molecule has 0 aromatic heterocycles. The molecule has 0 saturated carbocycles. The summed E-state index contributed by atoms with van der Waals surface area (Å²) in [5.74, 6) is -0.515. The van der Waals surface area contributed by atoms with Crippen LogP contribution in [0.5, 0.6) is 5.75 Å². The van der Waals surface area contributed by atoms with Gasteiger partial charge in [0.15, 0.2) is 5.54 Å². The largest absolute Gasteiger partial charge is 0.490 e. The second-order valence-corrected chi connectivity index (χ2v) is 7.62. The van der Waals surface area contributed by atoms with Crippen molar-refractivity contribution in [2.45, 2.75) is 35.9 Å². The number of amides is 1. The minimum atomic E-state index is -1.33. The summed E-state index contributed by atoms with van der Waals surface area (Å²) in [6.07, 6.45) is 0.411. The van der Waals surface area contributed by atoms with E-state index >= 15 is 0 Å². The summed E-state index contributed by atoms with van der Waals surface area (Å²) in [5.41, 5.74) is -1.33. The lowest BCUT2D eigenvalue weighted by Gasteiger charge is -2.45. The van der Waals surface area contributed by atoms with Crippen molar-refractivity contribution < 1.29 is 19.4 Å². The van der Waals surface area contributed by atoms with Gasteiger partial charge < -0.3 is 14.7 Å². The van der Waals surface area contributed by atoms with Crippen LogP contribution in [0, 0.1) is 0 Å². The summed E-state index contributed by atoms with van der Waals surface area (Å²) in [6.45, 7) is 3.69. The van der Waals surface area contributed by atoms with E-state index in [1.807, 2.05) is 32.0 Å². The number of aliphatic carboxylic acids is 1. The van der Waals surface area contributed by atoms with Gasteiger partial charge in [0, 0.05) is 0 Å². The topological polar surface area (TPSA) is 66.8 Å². The minimum Gasteiger partial charge on any atom is -0.490 e. The molecule has 2 aliphatic rings. The van der Waals surface area contributed by atoms with E-state index in [0.29, 0.717) is 12.2 Å². The Labute approximate surface area is 127 Å². The Morgan fingerprint density at radius 3 is 2.67 bits per heavy atom. The minimum absolute atomic E-state index is 0.0470. The van der Waals surface area contributed by atoms with E-state index in [0.717, 1.165) is 0 Å². The highest BCUT2D eigenvalue weighted by atomic mass is 32.2. The molecule has 2 aliphatic heterocycles. The quantitative estimate of drug-likeness (QED) is 0.862. The van der Waals surface area contributed by atoms with Crippen LogP contribution < -0.4 is 4.74 Å². The van der Waals surface area contributed by atoms with Gasteiger partial charge in [-0.1, -0.05) is 18.2 Å². The van der Waals surface area contributed by atoms with Gasteiger partial charge in [0.1, 0.15) is 12.4 Å². The van der Waals surface area contributed by atoms with Gasteiger partial charge in [-0.2, -0.15) is 0 Å². The first-order chi connectivity index (χ1) is 9.88. The Bertz CT molecular complexity index is 589.